The lowest BCUT2D eigenvalue weighted by molar-refractivity contribution is 0.0422. The van der Waals surface area contributed by atoms with Crippen molar-refractivity contribution in [2.24, 2.45) is 0 Å². The number of nitrogens with one attached hydrogen (secondary N) is 1. The summed E-state index contributed by atoms with van der Waals surface area (Å²) >= 11 is 0. The lowest BCUT2D eigenvalue weighted by Crippen LogP contribution is -2.58. The molecule has 3 atom stereocenters. The predicted octanol–water partition coefficient (Wildman–Crippen LogP) is 1.17. The molecule has 0 radical (unpaired) electrons. The van der Waals surface area contributed by atoms with Crippen molar-refractivity contribution in [2.45, 2.75) is 51.2 Å². The first-order valence-electron chi connectivity index (χ1n) is 7.95. The van der Waals surface area contributed by atoms with Gasteiger partial charge < -0.3 is 10.1 Å². The second-order valence-corrected chi connectivity index (χ2v) is 6.20. The van der Waals surface area contributed by atoms with Crippen LogP contribution < -0.4 is 5.32 Å². The third-order valence-electron chi connectivity index (χ3n) is 4.57. The number of nitrogens with zero attached hydrogens (tertiary/aromatic N) is 2. The van der Waals surface area contributed by atoms with Crippen LogP contribution in [0.15, 0.2) is 0 Å². The summed E-state index contributed by atoms with van der Waals surface area (Å²) in [7, 11) is 1.80. The van der Waals surface area contributed by atoms with Crippen LogP contribution in [0.1, 0.15) is 33.1 Å². The minimum absolute atomic E-state index is 0.473. The fourth-order valence-electron chi connectivity index (χ4n) is 3.51. The first-order chi connectivity index (χ1) is 9.24. The van der Waals surface area contributed by atoms with E-state index < -0.39 is 0 Å². The molecule has 2 aliphatic rings. The Kier molecular flexibility index (Phi) is 6.07. The van der Waals surface area contributed by atoms with Crippen LogP contribution in [-0.2, 0) is 4.74 Å². The largest absolute Gasteiger partial charge is 0.383 e. The lowest BCUT2D eigenvalue weighted by Gasteiger charge is -2.43. The molecule has 4 nitrogen and oxygen atoms in total. The predicted molar refractivity (Wildman–Crippen MR) is 79.6 cm³/mol. The molecular weight excluding hydrogens is 238 g/mol. The Bertz CT molecular complexity index is 262. The van der Waals surface area contributed by atoms with Crippen LogP contribution in [0.5, 0.6) is 0 Å². The zero-order chi connectivity index (χ0) is 13.7. The summed E-state index contributed by atoms with van der Waals surface area (Å²) in [5.41, 5.74) is 0. The molecule has 112 valence electrons. The standard InChI is InChI=1S/C15H31N3O/c1-4-7-16-14(12-19-3)10-18-11-15-6-5-8-17(15)9-13(18)2/h13-16H,4-12H2,1-3H3. The van der Waals surface area contributed by atoms with E-state index in [2.05, 4.69) is 29.0 Å². The van der Waals surface area contributed by atoms with Crippen LogP contribution in [0.3, 0.4) is 0 Å². The van der Waals surface area contributed by atoms with Crippen molar-refractivity contribution >= 4 is 0 Å². The number of rotatable bonds is 7. The van der Waals surface area contributed by atoms with E-state index >= 15 is 0 Å². The van der Waals surface area contributed by atoms with Gasteiger partial charge in [0.15, 0.2) is 0 Å². The zero-order valence-electron chi connectivity index (χ0n) is 12.9. The maximum atomic E-state index is 5.36. The maximum Gasteiger partial charge on any atom is 0.0628 e. The SMILES string of the molecule is CCCNC(COC)CN1CC2CCCN2CC1C. The van der Waals surface area contributed by atoms with Gasteiger partial charge >= 0.3 is 0 Å². The molecule has 2 fully saturated rings. The number of ether oxygens (including phenoxy) is 1. The van der Waals surface area contributed by atoms with E-state index in [1.165, 1.54) is 38.9 Å². The van der Waals surface area contributed by atoms with Crippen molar-refractivity contribution < 1.29 is 4.74 Å². The maximum absolute atomic E-state index is 5.36. The van der Waals surface area contributed by atoms with Gasteiger partial charge in [0.1, 0.15) is 0 Å². The molecule has 0 bridgehead atoms. The fourth-order valence-corrected chi connectivity index (χ4v) is 3.51. The molecule has 0 aromatic rings. The minimum Gasteiger partial charge on any atom is -0.383 e. The summed E-state index contributed by atoms with van der Waals surface area (Å²) < 4.78 is 5.36. The number of fused-ring (bicyclic) bond motifs is 1. The highest BCUT2D eigenvalue weighted by molar-refractivity contribution is 4.91. The Balaban J connectivity index is 1.84. The van der Waals surface area contributed by atoms with Gasteiger partial charge in [0.25, 0.3) is 0 Å². The molecule has 2 heterocycles. The van der Waals surface area contributed by atoms with Crippen molar-refractivity contribution in [2.75, 3.05) is 46.4 Å². The second-order valence-electron chi connectivity index (χ2n) is 6.20. The summed E-state index contributed by atoms with van der Waals surface area (Å²) in [5.74, 6) is 0. The minimum atomic E-state index is 0.473. The first kappa shape index (κ1) is 15.2. The Morgan fingerprint density at radius 2 is 2.21 bits per heavy atom. The highest BCUT2D eigenvalue weighted by atomic mass is 16.5. The van der Waals surface area contributed by atoms with Gasteiger partial charge in [-0.1, -0.05) is 6.92 Å². The lowest BCUT2D eigenvalue weighted by atomic mass is 10.1. The number of methoxy groups -OCH3 is 1. The van der Waals surface area contributed by atoms with E-state index in [-0.39, 0.29) is 0 Å². The second kappa shape index (κ2) is 7.58. The van der Waals surface area contributed by atoms with Crippen molar-refractivity contribution in [3.05, 3.63) is 0 Å². The van der Waals surface area contributed by atoms with Gasteiger partial charge in [0.2, 0.25) is 0 Å². The average Bonchev–Trinajstić information content (AvgIpc) is 2.83. The molecule has 2 rings (SSSR count). The molecule has 0 saturated carbocycles. The molecule has 0 aromatic carbocycles. The molecular formula is C15H31N3O. The Morgan fingerprint density at radius 1 is 1.37 bits per heavy atom. The third-order valence-corrected chi connectivity index (χ3v) is 4.57. The highest BCUT2D eigenvalue weighted by Gasteiger charge is 2.34. The molecule has 3 unspecified atom stereocenters. The van der Waals surface area contributed by atoms with E-state index in [0.717, 1.165) is 25.7 Å². The number of hydrogen-bond donors (Lipinski definition) is 1. The Labute approximate surface area is 118 Å². The van der Waals surface area contributed by atoms with Crippen LogP contribution >= 0.6 is 0 Å². The smallest absolute Gasteiger partial charge is 0.0628 e. The average molecular weight is 269 g/mol. The van der Waals surface area contributed by atoms with Gasteiger partial charge in [-0.3, -0.25) is 9.80 Å². The number of piperazine rings is 1. The quantitative estimate of drug-likeness (QED) is 0.751. The van der Waals surface area contributed by atoms with Crippen LogP contribution in [0.25, 0.3) is 0 Å². The van der Waals surface area contributed by atoms with Gasteiger partial charge in [-0.25, -0.2) is 0 Å². The topological polar surface area (TPSA) is 27.7 Å². The van der Waals surface area contributed by atoms with E-state index in [4.69, 9.17) is 4.74 Å². The molecule has 2 aliphatic heterocycles. The molecule has 0 amide bonds. The highest BCUT2D eigenvalue weighted by Crippen LogP contribution is 2.24. The zero-order valence-corrected chi connectivity index (χ0v) is 12.9. The summed E-state index contributed by atoms with van der Waals surface area (Å²) in [4.78, 5) is 5.35. The molecule has 0 spiro atoms. The van der Waals surface area contributed by atoms with Crippen LogP contribution in [0.2, 0.25) is 0 Å². The molecule has 2 saturated heterocycles. The first-order valence-corrected chi connectivity index (χ1v) is 7.95. The summed E-state index contributed by atoms with van der Waals surface area (Å²) in [6.45, 7) is 11.4. The van der Waals surface area contributed by atoms with Crippen LogP contribution in [-0.4, -0.2) is 74.4 Å². The van der Waals surface area contributed by atoms with E-state index in [0.29, 0.717) is 12.1 Å². The Morgan fingerprint density at radius 3 is 2.95 bits per heavy atom. The van der Waals surface area contributed by atoms with Gasteiger partial charge in [0.05, 0.1) is 6.61 Å². The van der Waals surface area contributed by atoms with Crippen molar-refractivity contribution in [3.8, 4) is 0 Å². The Hall–Kier alpha value is -0.160. The van der Waals surface area contributed by atoms with E-state index in [9.17, 15) is 0 Å². The summed E-state index contributed by atoms with van der Waals surface area (Å²) in [6, 6.07) is 1.96. The van der Waals surface area contributed by atoms with Gasteiger partial charge in [-0.2, -0.15) is 0 Å². The molecule has 0 aliphatic carbocycles. The van der Waals surface area contributed by atoms with Gasteiger partial charge in [0, 0.05) is 44.9 Å². The monoisotopic (exact) mass is 269 g/mol. The molecule has 4 heteroatoms. The molecule has 0 aromatic heterocycles. The van der Waals surface area contributed by atoms with E-state index in [1.807, 2.05) is 0 Å². The van der Waals surface area contributed by atoms with Crippen molar-refractivity contribution in [1.82, 2.24) is 15.1 Å². The van der Waals surface area contributed by atoms with Crippen molar-refractivity contribution in [1.29, 1.82) is 0 Å². The summed E-state index contributed by atoms with van der Waals surface area (Å²) in [6.07, 6.45) is 3.97. The van der Waals surface area contributed by atoms with Crippen LogP contribution in [0, 0.1) is 0 Å². The molecule has 1 N–H and O–H groups in total. The number of hydrogen-bond acceptors (Lipinski definition) is 4. The van der Waals surface area contributed by atoms with Crippen molar-refractivity contribution in [3.63, 3.8) is 0 Å². The normalized spacial score (nSPS) is 30.5. The fraction of sp³-hybridized carbons (Fsp3) is 1.00. The molecule has 19 heavy (non-hydrogen) atoms. The summed E-state index contributed by atoms with van der Waals surface area (Å²) in [5, 5.41) is 3.62. The van der Waals surface area contributed by atoms with E-state index in [1.54, 1.807) is 7.11 Å². The van der Waals surface area contributed by atoms with Gasteiger partial charge in [-0.05, 0) is 39.3 Å². The van der Waals surface area contributed by atoms with Crippen LogP contribution in [0.4, 0.5) is 0 Å². The third kappa shape index (κ3) is 4.15. The van der Waals surface area contributed by atoms with Gasteiger partial charge in [-0.15, -0.1) is 0 Å².